The molecule has 0 radical (unpaired) electrons. The minimum absolute atomic E-state index is 0.242. The van der Waals surface area contributed by atoms with Gasteiger partial charge < -0.3 is 4.57 Å². The molecule has 0 N–H and O–H groups in total. The van der Waals surface area contributed by atoms with Crippen LogP contribution in [0.2, 0.25) is 5.02 Å². The second-order valence-corrected chi connectivity index (χ2v) is 8.89. The average Bonchev–Trinajstić information content (AvgIpc) is 2.78. The van der Waals surface area contributed by atoms with Crippen LogP contribution in [0.15, 0.2) is 65.1 Å². The number of halogens is 1. The number of sulfonamides is 1. The van der Waals surface area contributed by atoms with E-state index in [2.05, 4.69) is 6.07 Å². The molecule has 0 saturated heterocycles. The quantitative estimate of drug-likeness (QED) is 0.607. The molecule has 2 heterocycles. The zero-order valence-corrected chi connectivity index (χ0v) is 16.2. The van der Waals surface area contributed by atoms with Crippen molar-refractivity contribution in [2.45, 2.75) is 18.2 Å². The molecule has 1 aliphatic rings. The highest BCUT2D eigenvalue weighted by Crippen LogP contribution is 2.38. The lowest BCUT2D eigenvalue weighted by Crippen LogP contribution is -2.32. The molecule has 4 rings (SSSR count). The van der Waals surface area contributed by atoms with Crippen molar-refractivity contribution < 1.29 is 8.42 Å². The Labute approximate surface area is 158 Å². The van der Waals surface area contributed by atoms with Gasteiger partial charge in [-0.15, -0.1) is 0 Å². The molecule has 2 aromatic carbocycles. The second kappa shape index (κ2) is 6.18. The number of allylic oxidation sites excluding steroid dienone is 1. The molecule has 0 saturated carbocycles. The summed E-state index contributed by atoms with van der Waals surface area (Å²) in [5.41, 5.74) is 3.24. The first kappa shape index (κ1) is 17.2. The first-order valence-electron chi connectivity index (χ1n) is 8.40. The fourth-order valence-electron chi connectivity index (χ4n) is 3.57. The fourth-order valence-corrected chi connectivity index (χ4v) is 5.16. The van der Waals surface area contributed by atoms with Crippen LogP contribution in [0.1, 0.15) is 12.5 Å². The number of nitrogens with zero attached hydrogens (tertiary/aromatic N) is 2. The lowest BCUT2D eigenvalue weighted by atomic mass is 10.1. The fraction of sp³-hybridized carbons (Fsp3) is 0.200. The third kappa shape index (κ3) is 2.63. The summed E-state index contributed by atoms with van der Waals surface area (Å²) < 4.78 is 30.3. The van der Waals surface area contributed by atoms with Crippen LogP contribution in [-0.4, -0.2) is 19.5 Å². The predicted octanol–water partition coefficient (Wildman–Crippen LogP) is 4.53. The van der Waals surface area contributed by atoms with E-state index in [4.69, 9.17) is 11.6 Å². The van der Waals surface area contributed by atoms with Crippen molar-refractivity contribution in [2.24, 2.45) is 7.05 Å². The van der Waals surface area contributed by atoms with Crippen LogP contribution in [0.5, 0.6) is 0 Å². The Morgan fingerprint density at radius 3 is 2.46 bits per heavy atom. The van der Waals surface area contributed by atoms with Gasteiger partial charge in [0, 0.05) is 28.5 Å². The zero-order valence-electron chi connectivity index (χ0n) is 14.6. The van der Waals surface area contributed by atoms with E-state index in [0.717, 1.165) is 34.3 Å². The number of rotatable bonds is 2. The SMILES string of the molecule is CC1=CCN(S(=O)(=O)c2ccc(Cl)cc2)c2c(c3ccccc3n2C)C1. The Balaban J connectivity index is 1.98. The second-order valence-electron chi connectivity index (χ2n) is 6.60. The van der Waals surface area contributed by atoms with Gasteiger partial charge in [-0.3, -0.25) is 0 Å². The molecule has 6 heteroatoms. The maximum Gasteiger partial charge on any atom is 0.265 e. The third-order valence-corrected chi connectivity index (χ3v) is 6.90. The van der Waals surface area contributed by atoms with Crippen molar-refractivity contribution in [2.75, 3.05) is 10.8 Å². The maximum absolute atomic E-state index is 13.4. The van der Waals surface area contributed by atoms with Gasteiger partial charge in [0.1, 0.15) is 5.82 Å². The molecular weight excluding hydrogens is 368 g/mol. The summed E-state index contributed by atoms with van der Waals surface area (Å²) in [6, 6.07) is 14.4. The summed E-state index contributed by atoms with van der Waals surface area (Å²) in [6.07, 6.45) is 2.73. The topological polar surface area (TPSA) is 42.3 Å². The lowest BCUT2D eigenvalue weighted by Gasteiger charge is -2.24. The van der Waals surface area contributed by atoms with Crippen molar-refractivity contribution in [3.05, 3.63) is 70.8 Å². The van der Waals surface area contributed by atoms with Crippen LogP contribution >= 0.6 is 11.6 Å². The van der Waals surface area contributed by atoms with Gasteiger partial charge in [-0.05, 0) is 43.7 Å². The van der Waals surface area contributed by atoms with Crippen molar-refractivity contribution >= 4 is 38.3 Å². The van der Waals surface area contributed by atoms with Crippen molar-refractivity contribution in [3.63, 3.8) is 0 Å². The summed E-state index contributed by atoms with van der Waals surface area (Å²) in [7, 11) is -1.78. The van der Waals surface area contributed by atoms with Gasteiger partial charge in [0.25, 0.3) is 10.0 Å². The van der Waals surface area contributed by atoms with Crippen LogP contribution in [0.3, 0.4) is 0 Å². The molecular formula is C20H19ClN2O2S. The predicted molar refractivity (Wildman–Crippen MR) is 106 cm³/mol. The largest absolute Gasteiger partial charge is 0.330 e. The molecule has 1 aliphatic heterocycles. The van der Waals surface area contributed by atoms with E-state index < -0.39 is 10.0 Å². The van der Waals surface area contributed by atoms with Crippen molar-refractivity contribution in [3.8, 4) is 0 Å². The van der Waals surface area contributed by atoms with Crippen molar-refractivity contribution in [1.82, 2.24) is 4.57 Å². The van der Waals surface area contributed by atoms with Crippen molar-refractivity contribution in [1.29, 1.82) is 0 Å². The highest BCUT2D eigenvalue weighted by atomic mass is 35.5. The number of aryl methyl sites for hydroxylation is 1. The van der Waals surface area contributed by atoms with Crippen LogP contribution < -0.4 is 4.31 Å². The van der Waals surface area contributed by atoms with E-state index in [1.165, 1.54) is 4.31 Å². The number of hydrogen-bond acceptors (Lipinski definition) is 2. The van der Waals surface area contributed by atoms with E-state index in [9.17, 15) is 8.42 Å². The van der Waals surface area contributed by atoms with Gasteiger partial charge in [0.15, 0.2) is 0 Å². The highest BCUT2D eigenvalue weighted by Gasteiger charge is 2.31. The Hall–Kier alpha value is -2.24. The summed E-state index contributed by atoms with van der Waals surface area (Å²) in [4.78, 5) is 0.242. The summed E-state index contributed by atoms with van der Waals surface area (Å²) >= 11 is 5.93. The van der Waals surface area contributed by atoms with E-state index in [0.29, 0.717) is 11.6 Å². The smallest absolute Gasteiger partial charge is 0.265 e. The molecule has 3 aromatic rings. The monoisotopic (exact) mass is 386 g/mol. The Kier molecular flexibility index (Phi) is 4.09. The highest BCUT2D eigenvalue weighted by molar-refractivity contribution is 7.92. The van der Waals surface area contributed by atoms with E-state index in [1.807, 2.05) is 42.8 Å². The normalized spacial score (nSPS) is 14.9. The van der Waals surface area contributed by atoms with Crippen LogP contribution in [0.25, 0.3) is 10.9 Å². The van der Waals surface area contributed by atoms with Gasteiger partial charge in [-0.2, -0.15) is 0 Å². The average molecular weight is 387 g/mol. The van der Waals surface area contributed by atoms with E-state index in [1.54, 1.807) is 24.3 Å². The number of fused-ring (bicyclic) bond motifs is 3. The number of para-hydroxylation sites is 1. The molecule has 134 valence electrons. The summed E-state index contributed by atoms with van der Waals surface area (Å²) in [6.45, 7) is 2.36. The van der Waals surface area contributed by atoms with Gasteiger partial charge in [0.2, 0.25) is 0 Å². The van der Waals surface area contributed by atoms with Gasteiger partial charge >= 0.3 is 0 Å². The molecule has 0 fully saturated rings. The molecule has 0 amide bonds. The first-order valence-corrected chi connectivity index (χ1v) is 10.2. The van der Waals surface area contributed by atoms with Crippen LogP contribution in [-0.2, 0) is 23.5 Å². The number of benzene rings is 2. The van der Waals surface area contributed by atoms with Gasteiger partial charge in [-0.1, -0.05) is 41.4 Å². The van der Waals surface area contributed by atoms with Crippen LogP contribution in [0.4, 0.5) is 5.82 Å². The summed E-state index contributed by atoms with van der Waals surface area (Å²) in [5, 5.41) is 1.61. The molecule has 1 aromatic heterocycles. The number of anilines is 1. The zero-order chi connectivity index (χ0) is 18.5. The van der Waals surface area contributed by atoms with Gasteiger partial charge in [-0.25, -0.2) is 12.7 Å². The standard InChI is InChI=1S/C20H19ClN2O2S/c1-14-11-12-23(26(24,25)16-9-7-15(21)8-10-16)20-18(13-14)17-5-3-4-6-19(17)22(20)2/h3-11H,12-13H2,1-2H3. The minimum Gasteiger partial charge on any atom is -0.330 e. The Morgan fingerprint density at radius 1 is 1.04 bits per heavy atom. The molecule has 26 heavy (non-hydrogen) atoms. The molecule has 0 aliphatic carbocycles. The number of aromatic nitrogens is 1. The van der Waals surface area contributed by atoms with Crippen LogP contribution in [0, 0.1) is 0 Å². The molecule has 4 nitrogen and oxygen atoms in total. The Bertz CT molecular complexity index is 1130. The molecule has 0 unspecified atom stereocenters. The molecule has 0 atom stereocenters. The number of hydrogen-bond donors (Lipinski definition) is 0. The maximum atomic E-state index is 13.4. The van der Waals surface area contributed by atoms with E-state index >= 15 is 0 Å². The van der Waals surface area contributed by atoms with E-state index in [-0.39, 0.29) is 4.90 Å². The minimum atomic E-state index is -3.70. The first-order chi connectivity index (χ1) is 12.4. The third-order valence-electron chi connectivity index (χ3n) is 4.88. The molecule has 0 spiro atoms. The molecule has 0 bridgehead atoms. The van der Waals surface area contributed by atoms with Gasteiger partial charge in [0.05, 0.1) is 11.4 Å². The Morgan fingerprint density at radius 2 is 1.73 bits per heavy atom. The lowest BCUT2D eigenvalue weighted by molar-refractivity contribution is 0.591. The summed E-state index contributed by atoms with van der Waals surface area (Å²) in [5.74, 6) is 0.731.